The van der Waals surface area contributed by atoms with E-state index in [1.807, 2.05) is 24.3 Å². The number of hydrogen-bond acceptors (Lipinski definition) is 2. The van der Waals surface area contributed by atoms with Crippen LogP contribution in [0.25, 0.3) is 0 Å². The largest absolute Gasteiger partial charge is 0.492 e. The summed E-state index contributed by atoms with van der Waals surface area (Å²) in [5, 5.41) is 3.03. The van der Waals surface area contributed by atoms with Crippen LogP contribution in [0.5, 0.6) is 5.75 Å². The molecule has 1 aromatic carbocycles. The molecule has 0 saturated heterocycles. The summed E-state index contributed by atoms with van der Waals surface area (Å²) in [5.74, 6) is 0.898. The van der Waals surface area contributed by atoms with Gasteiger partial charge in [0.2, 0.25) is 0 Å². The number of hydrogen-bond donors (Lipinski definition) is 1. The van der Waals surface area contributed by atoms with E-state index >= 15 is 0 Å². The first-order valence-corrected chi connectivity index (χ1v) is 5.44. The Morgan fingerprint density at radius 3 is 2.62 bits per heavy atom. The molecular formula is C9H13BrNOP. The molecule has 4 heteroatoms. The standard InChI is InChI=1S/C9H13BrNOP/c1-7(11-13)6-12-9-4-2-8(10)3-5-9/h2-5,7,11H,6,13H2,1H3/t7-/m1/s1. The molecule has 0 saturated carbocycles. The monoisotopic (exact) mass is 261 g/mol. The van der Waals surface area contributed by atoms with Crippen molar-refractivity contribution in [2.45, 2.75) is 13.0 Å². The average Bonchev–Trinajstić information content (AvgIpc) is 2.16. The van der Waals surface area contributed by atoms with E-state index in [2.05, 4.69) is 37.3 Å². The average molecular weight is 262 g/mol. The summed E-state index contributed by atoms with van der Waals surface area (Å²) in [6.45, 7) is 2.73. The Kier molecular flexibility index (Phi) is 4.71. The Morgan fingerprint density at radius 2 is 2.08 bits per heavy atom. The molecule has 2 nitrogen and oxygen atoms in total. The molecule has 72 valence electrons. The first-order valence-electron chi connectivity index (χ1n) is 4.07. The van der Waals surface area contributed by atoms with Gasteiger partial charge in [-0.25, -0.2) is 0 Å². The van der Waals surface area contributed by atoms with Crippen LogP contribution in [0.2, 0.25) is 0 Å². The van der Waals surface area contributed by atoms with Crippen molar-refractivity contribution in [2.75, 3.05) is 6.61 Å². The quantitative estimate of drug-likeness (QED) is 0.842. The van der Waals surface area contributed by atoms with Gasteiger partial charge in [0.25, 0.3) is 0 Å². The SMILES string of the molecule is C[C@H](COc1ccc(Br)cc1)NP. The van der Waals surface area contributed by atoms with Crippen LogP contribution in [0, 0.1) is 0 Å². The van der Waals surface area contributed by atoms with Gasteiger partial charge < -0.3 is 4.74 Å². The molecule has 1 rings (SSSR count). The number of rotatable bonds is 4. The van der Waals surface area contributed by atoms with Crippen molar-refractivity contribution in [3.05, 3.63) is 28.7 Å². The van der Waals surface area contributed by atoms with E-state index in [1.165, 1.54) is 0 Å². The third-order valence-electron chi connectivity index (χ3n) is 1.60. The lowest BCUT2D eigenvalue weighted by Crippen LogP contribution is -2.23. The third kappa shape index (κ3) is 4.08. The van der Waals surface area contributed by atoms with Crippen LogP contribution in [0.15, 0.2) is 28.7 Å². The minimum absolute atomic E-state index is 0.341. The molecule has 0 bridgehead atoms. The fourth-order valence-corrected chi connectivity index (χ4v) is 1.16. The first-order chi connectivity index (χ1) is 6.22. The molecule has 0 aliphatic heterocycles. The Bertz CT molecular complexity index is 252. The molecular weight excluding hydrogens is 249 g/mol. The van der Waals surface area contributed by atoms with Gasteiger partial charge in [-0.3, -0.25) is 5.09 Å². The van der Waals surface area contributed by atoms with Crippen LogP contribution in [0.4, 0.5) is 0 Å². The van der Waals surface area contributed by atoms with Gasteiger partial charge in [0, 0.05) is 10.5 Å². The van der Waals surface area contributed by atoms with Crippen LogP contribution in [0.1, 0.15) is 6.92 Å². The number of nitrogens with one attached hydrogen (secondary N) is 1. The zero-order valence-corrected chi connectivity index (χ0v) is 10.2. The lowest BCUT2D eigenvalue weighted by Gasteiger charge is -2.11. The Labute approximate surface area is 89.4 Å². The summed E-state index contributed by atoms with van der Waals surface area (Å²) in [5.41, 5.74) is 0. The summed E-state index contributed by atoms with van der Waals surface area (Å²) in [6.07, 6.45) is 0. The minimum atomic E-state index is 0.341. The van der Waals surface area contributed by atoms with E-state index in [0.717, 1.165) is 10.2 Å². The molecule has 1 aromatic rings. The topological polar surface area (TPSA) is 21.3 Å². The van der Waals surface area contributed by atoms with Gasteiger partial charge in [0.05, 0.1) is 0 Å². The fraction of sp³-hybridized carbons (Fsp3) is 0.333. The summed E-state index contributed by atoms with van der Waals surface area (Å²) < 4.78 is 6.58. The van der Waals surface area contributed by atoms with Crippen molar-refractivity contribution in [3.63, 3.8) is 0 Å². The summed E-state index contributed by atoms with van der Waals surface area (Å²) in [7, 11) is 2.48. The van der Waals surface area contributed by atoms with Gasteiger partial charge in [-0.05, 0) is 31.2 Å². The second-order valence-corrected chi connectivity index (χ2v) is 4.08. The Morgan fingerprint density at radius 1 is 1.46 bits per heavy atom. The highest BCUT2D eigenvalue weighted by atomic mass is 79.9. The smallest absolute Gasteiger partial charge is 0.119 e. The van der Waals surface area contributed by atoms with Gasteiger partial charge in [0.1, 0.15) is 12.4 Å². The maximum Gasteiger partial charge on any atom is 0.119 e. The fourth-order valence-electron chi connectivity index (χ4n) is 0.800. The van der Waals surface area contributed by atoms with Gasteiger partial charge in [0.15, 0.2) is 0 Å². The molecule has 0 spiro atoms. The van der Waals surface area contributed by atoms with Crippen LogP contribution < -0.4 is 9.82 Å². The van der Waals surface area contributed by atoms with E-state index < -0.39 is 0 Å². The van der Waals surface area contributed by atoms with Crippen molar-refractivity contribution in [3.8, 4) is 5.75 Å². The first kappa shape index (κ1) is 11.0. The van der Waals surface area contributed by atoms with E-state index in [4.69, 9.17) is 4.74 Å². The number of halogens is 1. The molecule has 0 fully saturated rings. The van der Waals surface area contributed by atoms with E-state index in [1.54, 1.807) is 0 Å². The number of benzene rings is 1. The van der Waals surface area contributed by atoms with Crippen molar-refractivity contribution in [2.24, 2.45) is 0 Å². The van der Waals surface area contributed by atoms with Gasteiger partial charge in [-0.2, -0.15) is 0 Å². The second kappa shape index (κ2) is 5.58. The van der Waals surface area contributed by atoms with Crippen molar-refractivity contribution >= 4 is 25.3 Å². The third-order valence-corrected chi connectivity index (χ3v) is 2.70. The van der Waals surface area contributed by atoms with Crippen molar-refractivity contribution in [1.82, 2.24) is 5.09 Å². The highest BCUT2D eigenvalue weighted by molar-refractivity contribution is 9.10. The second-order valence-electron chi connectivity index (χ2n) is 2.83. The molecule has 0 amide bonds. The van der Waals surface area contributed by atoms with Gasteiger partial charge in [-0.1, -0.05) is 25.3 Å². The van der Waals surface area contributed by atoms with Crippen LogP contribution >= 0.6 is 25.3 Å². The molecule has 0 heterocycles. The van der Waals surface area contributed by atoms with E-state index in [-0.39, 0.29) is 0 Å². The lowest BCUT2D eigenvalue weighted by molar-refractivity contribution is 0.290. The van der Waals surface area contributed by atoms with Gasteiger partial charge >= 0.3 is 0 Å². The van der Waals surface area contributed by atoms with Crippen LogP contribution in [-0.4, -0.2) is 12.6 Å². The van der Waals surface area contributed by atoms with Crippen molar-refractivity contribution < 1.29 is 4.74 Å². The molecule has 0 aromatic heterocycles. The zero-order valence-electron chi connectivity index (χ0n) is 7.46. The highest BCUT2D eigenvalue weighted by Crippen LogP contribution is 2.16. The molecule has 2 atom stereocenters. The summed E-state index contributed by atoms with van der Waals surface area (Å²) >= 11 is 3.37. The summed E-state index contributed by atoms with van der Waals surface area (Å²) in [4.78, 5) is 0. The van der Waals surface area contributed by atoms with Crippen LogP contribution in [-0.2, 0) is 0 Å². The molecule has 0 aliphatic carbocycles. The maximum absolute atomic E-state index is 5.52. The van der Waals surface area contributed by atoms with E-state index in [9.17, 15) is 0 Å². The number of ether oxygens (including phenoxy) is 1. The Hall–Kier alpha value is -0.110. The Balaban J connectivity index is 2.41. The minimum Gasteiger partial charge on any atom is -0.492 e. The van der Waals surface area contributed by atoms with Gasteiger partial charge in [-0.15, -0.1) is 0 Å². The lowest BCUT2D eigenvalue weighted by atomic mass is 10.3. The van der Waals surface area contributed by atoms with Crippen LogP contribution in [0.3, 0.4) is 0 Å². The molecule has 0 aliphatic rings. The molecule has 1 N–H and O–H groups in total. The maximum atomic E-state index is 5.52. The predicted molar refractivity (Wildman–Crippen MR) is 61.9 cm³/mol. The van der Waals surface area contributed by atoms with E-state index in [0.29, 0.717) is 12.6 Å². The zero-order chi connectivity index (χ0) is 9.68. The predicted octanol–water partition coefficient (Wildman–Crippen LogP) is 2.60. The molecule has 1 unspecified atom stereocenters. The molecule has 13 heavy (non-hydrogen) atoms. The highest BCUT2D eigenvalue weighted by Gasteiger charge is 1.98. The summed E-state index contributed by atoms with van der Waals surface area (Å²) in [6, 6.07) is 8.16. The molecule has 0 radical (unpaired) electrons. The van der Waals surface area contributed by atoms with Crippen molar-refractivity contribution in [1.29, 1.82) is 0 Å². The normalized spacial score (nSPS) is 12.5.